The van der Waals surface area contributed by atoms with Crippen LogP contribution in [0.25, 0.3) is 0 Å². The quantitative estimate of drug-likeness (QED) is 0.760. The molecular formula is C14H23N5O. The van der Waals surface area contributed by atoms with Crippen molar-refractivity contribution < 1.29 is 4.79 Å². The first-order chi connectivity index (χ1) is 9.65. The zero-order valence-electron chi connectivity index (χ0n) is 12.2. The van der Waals surface area contributed by atoms with E-state index in [0.717, 1.165) is 32.5 Å². The lowest BCUT2D eigenvalue weighted by Gasteiger charge is -2.13. The van der Waals surface area contributed by atoms with Gasteiger partial charge in [0.25, 0.3) is 5.91 Å². The van der Waals surface area contributed by atoms with Gasteiger partial charge in [-0.3, -0.25) is 9.48 Å². The number of rotatable bonds is 6. The van der Waals surface area contributed by atoms with Crippen molar-refractivity contribution in [2.45, 2.75) is 33.2 Å². The first-order valence-corrected chi connectivity index (χ1v) is 7.22. The van der Waals surface area contributed by atoms with Crippen LogP contribution >= 0.6 is 0 Å². The standard InChI is InChI=1S/C14H23N5O/c1-11(2)5-8-19-10-13(17-18-19)14(20)16-9-12-3-6-15-7-4-12/h3,10-11,15H,4-9H2,1-2H3,(H,16,20). The molecule has 0 saturated heterocycles. The summed E-state index contributed by atoms with van der Waals surface area (Å²) < 4.78 is 1.73. The number of nitrogens with one attached hydrogen (secondary N) is 2. The third kappa shape index (κ3) is 4.45. The van der Waals surface area contributed by atoms with Crippen LogP contribution in [0.2, 0.25) is 0 Å². The van der Waals surface area contributed by atoms with Gasteiger partial charge in [0.1, 0.15) is 0 Å². The molecule has 6 nitrogen and oxygen atoms in total. The van der Waals surface area contributed by atoms with Gasteiger partial charge in [0.15, 0.2) is 5.69 Å². The minimum absolute atomic E-state index is 0.153. The highest BCUT2D eigenvalue weighted by molar-refractivity contribution is 5.91. The highest BCUT2D eigenvalue weighted by Gasteiger charge is 2.11. The van der Waals surface area contributed by atoms with E-state index in [1.807, 2.05) is 0 Å². The first kappa shape index (κ1) is 14.7. The summed E-state index contributed by atoms with van der Waals surface area (Å²) in [7, 11) is 0. The zero-order valence-corrected chi connectivity index (χ0v) is 12.2. The van der Waals surface area contributed by atoms with E-state index in [9.17, 15) is 4.79 Å². The molecule has 2 N–H and O–H groups in total. The highest BCUT2D eigenvalue weighted by Crippen LogP contribution is 2.04. The summed E-state index contributed by atoms with van der Waals surface area (Å²) in [4.78, 5) is 12.0. The third-order valence-electron chi connectivity index (χ3n) is 3.34. The Balaban J connectivity index is 1.81. The Bertz CT molecular complexity index is 478. The van der Waals surface area contributed by atoms with Crippen LogP contribution in [-0.4, -0.2) is 40.5 Å². The van der Waals surface area contributed by atoms with Gasteiger partial charge >= 0.3 is 0 Å². The van der Waals surface area contributed by atoms with E-state index in [4.69, 9.17) is 0 Å². The molecule has 1 aromatic rings. The molecule has 20 heavy (non-hydrogen) atoms. The van der Waals surface area contributed by atoms with Gasteiger partial charge in [0.05, 0.1) is 6.20 Å². The Morgan fingerprint density at radius 2 is 2.40 bits per heavy atom. The van der Waals surface area contributed by atoms with Crippen LogP contribution in [-0.2, 0) is 6.54 Å². The summed E-state index contributed by atoms with van der Waals surface area (Å²) in [5.74, 6) is 0.462. The second-order valence-corrected chi connectivity index (χ2v) is 5.55. The van der Waals surface area contributed by atoms with Gasteiger partial charge in [-0.25, -0.2) is 0 Å². The average Bonchev–Trinajstić information content (AvgIpc) is 2.92. The lowest BCUT2D eigenvalue weighted by molar-refractivity contribution is 0.0951. The van der Waals surface area contributed by atoms with Gasteiger partial charge < -0.3 is 10.6 Å². The van der Waals surface area contributed by atoms with Crippen molar-refractivity contribution in [3.63, 3.8) is 0 Å². The van der Waals surface area contributed by atoms with Crippen molar-refractivity contribution in [1.82, 2.24) is 25.6 Å². The fraction of sp³-hybridized carbons (Fsp3) is 0.643. The summed E-state index contributed by atoms with van der Waals surface area (Å²) in [5.41, 5.74) is 1.66. The van der Waals surface area contributed by atoms with Crippen molar-refractivity contribution >= 4 is 5.91 Å². The number of aryl methyl sites for hydroxylation is 1. The molecule has 1 aliphatic rings. The molecule has 0 bridgehead atoms. The smallest absolute Gasteiger partial charge is 0.273 e. The fourth-order valence-corrected chi connectivity index (χ4v) is 2.02. The average molecular weight is 277 g/mol. The predicted molar refractivity (Wildman–Crippen MR) is 77.4 cm³/mol. The largest absolute Gasteiger partial charge is 0.347 e. The Hall–Kier alpha value is -1.69. The predicted octanol–water partition coefficient (Wildman–Crippen LogP) is 0.974. The molecule has 2 rings (SSSR count). The molecule has 1 amide bonds. The van der Waals surface area contributed by atoms with Gasteiger partial charge in [-0.2, -0.15) is 0 Å². The van der Waals surface area contributed by atoms with Gasteiger partial charge in [-0.05, 0) is 25.3 Å². The van der Waals surface area contributed by atoms with Crippen molar-refractivity contribution in [2.75, 3.05) is 19.6 Å². The Morgan fingerprint density at radius 3 is 3.10 bits per heavy atom. The molecule has 0 spiro atoms. The molecule has 0 saturated carbocycles. The molecule has 1 aromatic heterocycles. The van der Waals surface area contributed by atoms with Gasteiger partial charge in [0, 0.05) is 19.6 Å². The number of carbonyl (C=O) groups is 1. The number of nitrogens with zero attached hydrogens (tertiary/aromatic N) is 3. The van der Waals surface area contributed by atoms with Crippen LogP contribution < -0.4 is 10.6 Å². The van der Waals surface area contributed by atoms with Gasteiger partial charge in [-0.1, -0.05) is 30.7 Å². The van der Waals surface area contributed by atoms with E-state index in [1.165, 1.54) is 5.57 Å². The lowest BCUT2D eigenvalue weighted by atomic mass is 10.1. The molecule has 0 aromatic carbocycles. The zero-order chi connectivity index (χ0) is 14.4. The third-order valence-corrected chi connectivity index (χ3v) is 3.34. The summed E-state index contributed by atoms with van der Waals surface area (Å²) in [6.45, 7) is 7.59. The van der Waals surface area contributed by atoms with Crippen LogP contribution in [0.3, 0.4) is 0 Å². The summed E-state index contributed by atoms with van der Waals surface area (Å²) >= 11 is 0. The summed E-state index contributed by atoms with van der Waals surface area (Å²) in [6, 6.07) is 0. The van der Waals surface area contributed by atoms with Crippen molar-refractivity contribution in [3.05, 3.63) is 23.5 Å². The maximum Gasteiger partial charge on any atom is 0.273 e. The number of amides is 1. The molecule has 0 aliphatic carbocycles. The SMILES string of the molecule is CC(C)CCn1cc(C(=O)NCC2=CCNCC2)nn1. The van der Waals surface area contributed by atoms with E-state index in [2.05, 4.69) is 40.9 Å². The summed E-state index contributed by atoms with van der Waals surface area (Å²) in [5, 5.41) is 14.1. The first-order valence-electron chi connectivity index (χ1n) is 7.22. The number of hydrogen-bond donors (Lipinski definition) is 2. The topological polar surface area (TPSA) is 71.8 Å². The Morgan fingerprint density at radius 1 is 1.55 bits per heavy atom. The van der Waals surface area contributed by atoms with Crippen molar-refractivity contribution in [1.29, 1.82) is 0 Å². The van der Waals surface area contributed by atoms with Crippen LogP contribution in [0.15, 0.2) is 17.8 Å². The van der Waals surface area contributed by atoms with E-state index in [1.54, 1.807) is 10.9 Å². The van der Waals surface area contributed by atoms with Crippen LogP contribution in [0.5, 0.6) is 0 Å². The van der Waals surface area contributed by atoms with Crippen molar-refractivity contribution in [3.8, 4) is 0 Å². The van der Waals surface area contributed by atoms with Crippen molar-refractivity contribution in [2.24, 2.45) is 5.92 Å². The molecule has 110 valence electrons. The second kappa shape index (κ2) is 7.19. The van der Waals surface area contributed by atoms with E-state index >= 15 is 0 Å². The summed E-state index contributed by atoms with van der Waals surface area (Å²) in [6.07, 6.45) is 5.86. The van der Waals surface area contributed by atoms with Crippen LogP contribution in [0.1, 0.15) is 37.2 Å². The van der Waals surface area contributed by atoms with Gasteiger partial charge in [-0.15, -0.1) is 5.10 Å². The molecule has 0 atom stereocenters. The molecule has 0 unspecified atom stereocenters. The Kier molecular flexibility index (Phi) is 5.29. The van der Waals surface area contributed by atoms with E-state index in [0.29, 0.717) is 18.2 Å². The number of hydrogen-bond acceptors (Lipinski definition) is 4. The Labute approximate surface area is 119 Å². The highest BCUT2D eigenvalue weighted by atomic mass is 16.2. The number of carbonyl (C=O) groups excluding carboxylic acids is 1. The van der Waals surface area contributed by atoms with Crippen LogP contribution in [0.4, 0.5) is 0 Å². The maximum absolute atomic E-state index is 12.0. The molecule has 0 fully saturated rings. The monoisotopic (exact) mass is 277 g/mol. The molecular weight excluding hydrogens is 254 g/mol. The molecule has 1 aliphatic heterocycles. The minimum atomic E-state index is -0.153. The minimum Gasteiger partial charge on any atom is -0.347 e. The molecule has 6 heteroatoms. The van der Waals surface area contributed by atoms with Crippen LogP contribution in [0, 0.1) is 5.92 Å². The lowest BCUT2D eigenvalue weighted by Crippen LogP contribution is -2.29. The number of aromatic nitrogens is 3. The fourth-order valence-electron chi connectivity index (χ4n) is 2.02. The molecule has 2 heterocycles. The molecule has 0 radical (unpaired) electrons. The van der Waals surface area contributed by atoms with E-state index in [-0.39, 0.29) is 5.91 Å². The second-order valence-electron chi connectivity index (χ2n) is 5.55. The maximum atomic E-state index is 12.0. The van der Waals surface area contributed by atoms with Gasteiger partial charge in [0.2, 0.25) is 0 Å². The van der Waals surface area contributed by atoms with E-state index < -0.39 is 0 Å². The normalized spacial score (nSPS) is 15.2.